The number of benzene rings is 2. The summed E-state index contributed by atoms with van der Waals surface area (Å²) < 4.78 is 1.10. The second kappa shape index (κ2) is 7.96. The van der Waals surface area contributed by atoms with E-state index in [0.717, 1.165) is 30.2 Å². The van der Waals surface area contributed by atoms with Crippen molar-refractivity contribution < 1.29 is 4.79 Å². The lowest BCUT2D eigenvalue weighted by molar-refractivity contribution is -0.122. The van der Waals surface area contributed by atoms with Gasteiger partial charge in [0.25, 0.3) is 0 Å². The van der Waals surface area contributed by atoms with Gasteiger partial charge in [0.2, 0.25) is 5.91 Å². The number of hydrogen-bond acceptors (Lipinski definition) is 1. The minimum absolute atomic E-state index is 0.221. The summed E-state index contributed by atoms with van der Waals surface area (Å²) in [4.78, 5) is 12.1. The van der Waals surface area contributed by atoms with E-state index in [4.69, 9.17) is 0 Å². The largest absolute Gasteiger partial charge is 0.353 e. The lowest BCUT2D eigenvalue weighted by Crippen LogP contribution is -2.36. The molecular weight excluding hydrogens is 350 g/mol. The van der Waals surface area contributed by atoms with Crippen LogP contribution in [0.2, 0.25) is 0 Å². The molecule has 1 aliphatic rings. The molecule has 0 aliphatic heterocycles. The predicted molar refractivity (Wildman–Crippen MR) is 99.6 cm³/mol. The van der Waals surface area contributed by atoms with Crippen LogP contribution in [0.4, 0.5) is 0 Å². The van der Waals surface area contributed by atoms with E-state index >= 15 is 0 Å². The lowest BCUT2D eigenvalue weighted by Gasteiger charge is -2.22. The summed E-state index contributed by atoms with van der Waals surface area (Å²) in [5.41, 5.74) is 1.33. The molecular formula is C20H24BrNO. The van der Waals surface area contributed by atoms with Crippen molar-refractivity contribution in [2.24, 2.45) is 0 Å². The maximum atomic E-state index is 12.1. The van der Waals surface area contributed by atoms with E-state index in [-0.39, 0.29) is 5.91 Å². The minimum atomic E-state index is 0.221. The summed E-state index contributed by atoms with van der Waals surface area (Å²) in [7, 11) is 0. The Kier molecular flexibility index (Phi) is 5.71. The van der Waals surface area contributed by atoms with Gasteiger partial charge >= 0.3 is 0 Å². The molecule has 1 fully saturated rings. The van der Waals surface area contributed by atoms with Gasteiger partial charge in [-0.25, -0.2) is 0 Å². The van der Waals surface area contributed by atoms with Crippen LogP contribution in [-0.4, -0.2) is 11.9 Å². The zero-order valence-corrected chi connectivity index (χ0v) is 15.1. The van der Waals surface area contributed by atoms with Crippen molar-refractivity contribution in [1.29, 1.82) is 0 Å². The second-order valence-corrected chi connectivity index (χ2v) is 7.45. The molecule has 122 valence electrons. The zero-order valence-electron chi connectivity index (χ0n) is 13.5. The number of carbonyl (C=O) groups excluding carboxylic acids is 1. The van der Waals surface area contributed by atoms with Gasteiger partial charge in [0.15, 0.2) is 0 Å². The SMILES string of the molecule is O=C(CCCc1cccc2ccc(Br)cc12)NC1CCCCC1. The Labute approximate surface area is 146 Å². The van der Waals surface area contributed by atoms with Gasteiger partial charge in [0.05, 0.1) is 0 Å². The summed E-state index contributed by atoms with van der Waals surface area (Å²) in [5, 5.41) is 5.75. The van der Waals surface area contributed by atoms with Crippen molar-refractivity contribution in [2.75, 3.05) is 0 Å². The van der Waals surface area contributed by atoms with Crippen molar-refractivity contribution in [3.05, 3.63) is 46.4 Å². The molecule has 0 radical (unpaired) electrons. The molecule has 0 aromatic heterocycles. The van der Waals surface area contributed by atoms with Crippen molar-refractivity contribution in [3.63, 3.8) is 0 Å². The van der Waals surface area contributed by atoms with E-state index in [1.807, 2.05) is 0 Å². The Morgan fingerprint density at radius 3 is 2.78 bits per heavy atom. The van der Waals surface area contributed by atoms with Crippen LogP contribution in [0.3, 0.4) is 0 Å². The van der Waals surface area contributed by atoms with Crippen LogP contribution in [0, 0.1) is 0 Å². The third kappa shape index (κ3) is 4.57. The first-order valence-electron chi connectivity index (χ1n) is 8.69. The smallest absolute Gasteiger partial charge is 0.220 e. The normalized spacial score (nSPS) is 15.7. The summed E-state index contributed by atoms with van der Waals surface area (Å²) >= 11 is 3.55. The van der Waals surface area contributed by atoms with Crippen molar-refractivity contribution in [1.82, 2.24) is 5.32 Å². The quantitative estimate of drug-likeness (QED) is 0.749. The molecule has 3 rings (SSSR count). The molecule has 1 amide bonds. The summed E-state index contributed by atoms with van der Waals surface area (Å²) in [6, 6.07) is 13.2. The summed E-state index contributed by atoms with van der Waals surface area (Å²) in [6.45, 7) is 0. The van der Waals surface area contributed by atoms with Gasteiger partial charge in [-0.1, -0.05) is 59.5 Å². The fourth-order valence-corrected chi connectivity index (χ4v) is 3.87. The molecule has 1 saturated carbocycles. The van der Waals surface area contributed by atoms with Gasteiger partial charge in [-0.15, -0.1) is 0 Å². The predicted octanol–water partition coefficient (Wildman–Crippen LogP) is 5.37. The molecule has 0 bridgehead atoms. The van der Waals surface area contributed by atoms with Crippen LogP contribution in [0.25, 0.3) is 10.8 Å². The Bertz CT molecular complexity index is 676. The van der Waals surface area contributed by atoms with Crippen LogP contribution in [0.15, 0.2) is 40.9 Å². The van der Waals surface area contributed by atoms with Gasteiger partial charge in [0, 0.05) is 16.9 Å². The van der Waals surface area contributed by atoms with Crippen molar-refractivity contribution in [3.8, 4) is 0 Å². The average Bonchev–Trinajstić information content (AvgIpc) is 2.56. The molecule has 2 aromatic carbocycles. The molecule has 0 saturated heterocycles. The molecule has 1 aliphatic carbocycles. The zero-order chi connectivity index (χ0) is 16.1. The fourth-order valence-electron chi connectivity index (χ4n) is 3.51. The third-order valence-electron chi connectivity index (χ3n) is 4.75. The number of amides is 1. The molecule has 0 heterocycles. The Morgan fingerprint density at radius 2 is 1.96 bits per heavy atom. The summed E-state index contributed by atoms with van der Waals surface area (Å²) in [5.74, 6) is 0.221. The maximum Gasteiger partial charge on any atom is 0.220 e. The van der Waals surface area contributed by atoms with Gasteiger partial charge in [-0.3, -0.25) is 4.79 Å². The molecule has 2 nitrogen and oxygen atoms in total. The van der Waals surface area contributed by atoms with Gasteiger partial charge in [0.1, 0.15) is 0 Å². The van der Waals surface area contributed by atoms with Gasteiger partial charge in [-0.05, 0) is 54.2 Å². The molecule has 0 spiro atoms. The Balaban J connectivity index is 1.54. The first kappa shape index (κ1) is 16.5. The van der Waals surface area contributed by atoms with Crippen LogP contribution in [0.1, 0.15) is 50.5 Å². The van der Waals surface area contributed by atoms with Crippen molar-refractivity contribution >= 4 is 32.6 Å². The van der Waals surface area contributed by atoms with Crippen LogP contribution < -0.4 is 5.32 Å². The molecule has 0 atom stereocenters. The first-order chi connectivity index (χ1) is 11.2. The van der Waals surface area contributed by atoms with E-state index in [9.17, 15) is 4.79 Å². The number of hydrogen-bond donors (Lipinski definition) is 1. The number of fused-ring (bicyclic) bond motifs is 1. The monoisotopic (exact) mass is 373 g/mol. The number of halogens is 1. The highest BCUT2D eigenvalue weighted by Gasteiger charge is 2.15. The van der Waals surface area contributed by atoms with E-state index in [0.29, 0.717) is 12.5 Å². The van der Waals surface area contributed by atoms with E-state index < -0.39 is 0 Å². The second-order valence-electron chi connectivity index (χ2n) is 6.54. The highest BCUT2D eigenvalue weighted by molar-refractivity contribution is 9.10. The van der Waals surface area contributed by atoms with E-state index in [1.165, 1.54) is 35.6 Å². The van der Waals surface area contributed by atoms with E-state index in [1.54, 1.807) is 0 Å². The molecule has 23 heavy (non-hydrogen) atoms. The minimum Gasteiger partial charge on any atom is -0.353 e. The van der Waals surface area contributed by atoms with E-state index in [2.05, 4.69) is 57.6 Å². The highest BCUT2D eigenvalue weighted by atomic mass is 79.9. The van der Waals surface area contributed by atoms with Gasteiger partial charge in [-0.2, -0.15) is 0 Å². The van der Waals surface area contributed by atoms with Crippen LogP contribution >= 0.6 is 15.9 Å². The van der Waals surface area contributed by atoms with Crippen molar-refractivity contribution in [2.45, 2.75) is 57.4 Å². The number of carbonyl (C=O) groups is 1. The summed E-state index contributed by atoms with van der Waals surface area (Å²) in [6.07, 6.45) is 8.64. The van der Waals surface area contributed by atoms with Crippen LogP contribution in [-0.2, 0) is 11.2 Å². The lowest BCUT2D eigenvalue weighted by atomic mass is 9.95. The molecule has 1 N–H and O–H groups in total. The highest BCUT2D eigenvalue weighted by Crippen LogP contribution is 2.24. The number of rotatable bonds is 5. The van der Waals surface area contributed by atoms with Crippen LogP contribution in [0.5, 0.6) is 0 Å². The maximum absolute atomic E-state index is 12.1. The Morgan fingerprint density at radius 1 is 1.13 bits per heavy atom. The molecule has 0 unspecified atom stereocenters. The Hall–Kier alpha value is -1.35. The molecule has 2 aromatic rings. The number of nitrogens with one attached hydrogen (secondary N) is 1. The van der Waals surface area contributed by atoms with Gasteiger partial charge < -0.3 is 5.32 Å². The first-order valence-corrected chi connectivity index (χ1v) is 9.48. The number of aryl methyl sites for hydroxylation is 1. The third-order valence-corrected chi connectivity index (χ3v) is 5.25. The topological polar surface area (TPSA) is 29.1 Å². The average molecular weight is 374 g/mol. The standard InChI is InChI=1S/C20H24BrNO/c21-17-13-12-16-7-4-6-15(19(16)14-17)8-5-11-20(23)22-18-9-2-1-3-10-18/h4,6-7,12-14,18H,1-3,5,8-11H2,(H,22,23). The molecule has 3 heteroatoms. The fraction of sp³-hybridized carbons (Fsp3) is 0.450.